The summed E-state index contributed by atoms with van der Waals surface area (Å²) in [6, 6.07) is 7.59. The lowest BCUT2D eigenvalue weighted by atomic mass is 10.3. The van der Waals surface area contributed by atoms with Gasteiger partial charge in [-0.3, -0.25) is 0 Å². The highest BCUT2D eigenvalue weighted by Gasteiger charge is 2.17. The highest BCUT2D eigenvalue weighted by Crippen LogP contribution is 2.31. The Kier molecular flexibility index (Phi) is 2.79. The van der Waals surface area contributed by atoms with Gasteiger partial charge in [-0.25, -0.2) is 9.78 Å². The Bertz CT molecular complexity index is 465. The molecule has 2 aromatic rings. The molecule has 0 saturated heterocycles. The number of amides is 1. The number of anilines is 1. The number of rotatable bonds is 2. The summed E-state index contributed by atoms with van der Waals surface area (Å²) in [5.41, 5.74) is 0.831. The van der Waals surface area contributed by atoms with Crippen molar-refractivity contribution in [3.8, 4) is 0 Å². The van der Waals surface area contributed by atoms with Gasteiger partial charge in [0.1, 0.15) is 0 Å². The van der Waals surface area contributed by atoms with Gasteiger partial charge < -0.3 is 5.11 Å². The molecule has 6 heteroatoms. The highest BCUT2D eigenvalue weighted by atomic mass is 32.2. The fourth-order valence-electron chi connectivity index (χ4n) is 1.18. The molecule has 0 unspecified atom stereocenters. The monoisotopic (exact) mass is 240 g/mol. The fraction of sp³-hybridized carbons (Fsp3) is 0.111. The lowest BCUT2D eigenvalue weighted by Gasteiger charge is -2.10. The number of benzene rings is 1. The first kappa shape index (κ1) is 10.3. The first-order chi connectivity index (χ1) is 7.22. The number of nitrogens with zero attached hydrogens (tertiary/aromatic N) is 2. The number of fused-ring (bicyclic) bond motifs is 1. The zero-order valence-corrected chi connectivity index (χ0v) is 9.51. The van der Waals surface area contributed by atoms with Gasteiger partial charge in [0.05, 0.1) is 10.2 Å². The third kappa shape index (κ3) is 1.91. The van der Waals surface area contributed by atoms with Gasteiger partial charge in [-0.2, -0.15) is 4.31 Å². The third-order valence-electron chi connectivity index (χ3n) is 1.81. The topological polar surface area (TPSA) is 53.4 Å². The van der Waals surface area contributed by atoms with Crippen molar-refractivity contribution in [1.29, 1.82) is 0 Å². The summed E-state index contributed by atoms with van der Waals surface area (Å²) in [6.07, 6.45) is 0.710. The number of para-hydroxylation sites is 1. The Labute approximate surface area is 94.7 Å². The largest absolute Gasteiger partial charge is 0.464 e. The van der Waals surface area contributed by atoms with Crippen LogP contribution in [0.5, 0.6) is 0 Å². The molecule has 2 rings (SSSR count). The van der Waals surface area contributed by atoms with Crippen LogP contribution in [-0.2, 0) is 0 Å². The van der Waals surface area contributed by atoms with Gasteiger partial charge in [-0.15, -0.1) is 0 Å². The number of carboxylic acid groups (broad SMARTS) is 1. The number of hydrogen-bond donors (Lipinski definition) is 1. The molecular weight excluding hydrogens is 232 g/mol. The lowest BCUT2D eigenvalue weighted by molar-refractivity contribution is 0.206. The zero-order chi connectivity index (χ0) is 10.8. The number of aromatic nitrogens is 1. The van der Waals surface area contributed by atoms with Crippen molar-refractivity contribution in [2.45, 2.75) is 0 Å². The van der Waals surface area contributed by atoms with Crippen molar-refractivity contribution < 1.29 is 9.90 Å². The predicted octanol–water partition coefficient (Wildman–Crippen LogP) is 3.06. The van der Waals surface area contributed by atoms with E-state index in [-0.39, 0.29) is 0 Å². The summed E-state index contributed by atoms with van der Waals surface area (Å²) in [4.78, 5) is 15.1. The summed E-state index contributed by atoms with van der Waals surface area (Å²) in [5, 5.41) is 9.42. The van der Waals surface area contributed by atoms with Gasteiger partial charge in [0.2, 0.25) is 5.13 Å². The molecule has 1 aromatic carbocycles. The molecule has 0 aliphatic rings. The predicted molar refractivity (Wildman–Crippen MR) is 63.6 cm³/mol. The van der Waals surface area contributed by atoms with Crippen molar-refractivity contribution in [3.63, 3.8) is 0 Å². The molecule has 4 nitrogen and oxygen atoms in total. The second-order valence-corrected chi connectivity index (χ2v) is 4.46. The van der Waals surface area contributed by atoms with E-state index < -0.39 is 6.09 Å². The Balaban J connectivity index is 2.47. The molecule has 78 valence electrons. The molecule has 15 heavy (non-hydrogen) atoms. The van der Waals surface area contributed by atoms with Crippen LogP contribution in [0, 0.1) is 0 Å². The second kappa shape index (κ2) is 4.08. The van der Waals surface area contributed by atoms with Crippen molar-refractivity contribution >= 4 is 44.7 Å². The highest BCUT2D eigenvalue weighted by molar-refractivity contribution is 8.00. The maximum atomic E-state index is 10.9. The Morgan fingerprint density at radius 2 is 2.27 bits per heavy atom. The first-order valence-electron chi connectivity index (χ1n) is 4.15. The maximum Gasteiger partial charge on any atom is 0.424 e. The van der Waals surface area contributed by atoms with Crippen LogP contribution in [0.25, 0.3) is 10.2 Å². The zero-order valence-electron chi connectivity index (χ0n) is 7.88. The van der Waals surface area contributed by atoms with E-state index in [1.54, 1.807) is 6.26 Å². The van der Waals surface area contributed by atoms with Gasteiger partial charge in [0.15, 0.2) is 0 Å². The first-order valence-corrected chi connectivity index (χ1v) is 6.15. The van der Waals surface area contributed by atoms with Crippen LogP contribution < -0.4 is 4.31 Å². The standard InChI is InChI=1S/C9H8N2O2S2/c1-14-11(9(12)13)8-10-6-4-2-3-5-7(6)15-8/h2-5H,1H3,(H,12,13). The molecular formula is C9H8N2O2S2. The minimum Gasteiger partial charge on any atom is -0.464 e. The van der Waals surface area contributed by atoms with Gasteiger partial charge in [-0.05, 0) is 24.1 Å². The summed E-state index contributed by atoms with van der Waals surface area (Å²) in [6.45, 7) is 0. The van der Waals surface area contributed by atoms with Crippen molar-refractivity contribution in [1.82, 2.24) is 4.98 Å². The second-order valence-electron chi connectivity index (χ2n) is 2.72. The van der Waals surface area contributed by atoms with E-state index in [0.717, 1.165) is 26.5 Å². The maximum absolute atomic E-state index is 10.9. The summed E-state index contributed by atoms with van der Waals surface area (Å²) in [7, 11) is 0. The van der Waals surface area contributed by atoms with Crippen LogP contribution in [0.4, 0.5) is 9.93 Å². The molecule has 0 aliphatic heterocycles. The van der Waals surface area contributed by atoms with Crippen LogP contribution in [0.15, 0.2) is 24.3 Å². The van der Waals surface area contributed by atoms with Crippen LogP contribution >= 0.6 is 23.3 Å². The molecule has 0 bridgehead atoms. The van der Waals surface area contributed by atoms with Crippen LogP contribution in [0.3, 0.4) is 0 Å². The quantitative estimate of drug-likeness (QED) is 0.820. The number of hydrogen-bond acceptors (Lipinski definition) is 4. The average Bonchev–Trinajstić information content (AvgIpc) is 2.61. The number of carbonyl (C=O) groups is 1. The van der Waals surface area contributed by atoms with Crippen molar-refractivity contribution in [2.24, 2.45) is 0 Å². The number of thiazole rings is 1. The van der Waals surface area contributed by atoms with E-state index in [4.69, 9.17) is 5.11 Å². The molecule has 0 atom stereocenters. The normalized spacial score (nSPS) is 10.5. The van der Waals surface area contributed by atoms with E-state index in [9.17, 15) is 4.79 Å². The van der Waals surface area contributed by atoms with E-state index in [0.29, 0.717) is 5.13 Å². The summed E-state index contributed by atoms with van der Waals surface area (Å²) in [5.74, 6) is 0. The average molecular weight is 240 g/mol. The summed E-state index contributed by atoms with van der Waals surface area (Å²) < 4.78 is 2.15. The van der Waals surface area contributed by atoms with Crippen molar-refractivity contribution in [3.05, 3.63) is 24.3 Å². The van der Waals surface area contributed by atoms with E-state index in [2.05, 4.69) is 4.98 Å². The van der Waals surface area contributed by atoms with Crippen LogP contribution in [0.1, 0.15) is 0 Å². The molecule has 1 heterocycles. The molecule has 1 amide bonds. The minimum absolute atomic E-state index is 0.496. The molecule has 0 saturated carbocycles. The molecule has 0 aliphatic carbocycles. The van der Waals surface area contributed by atoms with Crippen molar-refractivity contribution in [2.75, 3.05) is 10.6 Å². The van der Waals surface area contributed by atoms with Crippen LogP contribution in [0.2, 0.25) is 0 Å². The third-order valence-corrected chi connectivity index (χ3v) is 3.64. The molecule has 0 radical (unpaired) electrons. The molecule has 1 N–H and O–H groups in total. The van der Waals surface area contributed by atoms with Gasteiger partial charge in [-0.1, -0.05) is 23.5 Å². The van der Waals surface area contributed by atoms with Gasteiger partial charge >= 0.3 is 6.09 Å². The minimum atomic E-state index is -0.999. The molecule has 1 aromatic heterocycles. The van der Waals surface area contributed by atoms with E-state index in [1.807, 2.05) is 24.3 Å². The van der Waals surface area contributed by atoms with E-state index in [1.165, 1.54) is 11.3 Å². The SMILES string of the molecule is CSN(C(=O)O)c1nc2ccccc2s1. The molecule has 0 spiro atoms. The Morgan fingerprint density at radius 1 is 1.53 bits per heavy atom. The lowest BCUT2D eigenvalue weighted by Crippen LogP contribution is -2.20. The van der Waals surface area contributed by atoms with Crippen LogP contribution in [-0.4, -0.2) is 22.4 Å². The summed E-state index contributed by atoms with van der Waals surface area (Å²) >= 11 is 2.50. The Morgan fingerprint density at radius 3 is 2.87 bits per heavy atom. The smallest absolute Gasteiger partial charge is 0.424 e. The van der Waals surface area contributed by atoms with Gasteiger partial charge in [0.25, 0.3) is 0 Å². The fourth-order valence-corrected chi connectivity index (χ4v) is 2.74. The molecule has 0 fully saturated rings. The Hall–Kier alpha value is -1.27. The van der Waals surface area contributed by atoms with E-state index >= 15 is 0 Å². The van der Waals surface area contributed by atoms with Gasteiger partial charge in [0, 0.05) is 6.26 Å².